The second kappa shape index (κ2) is 6.16. The lowest BCUT2D eigenvalue weighted by Crippen LogP contribution is -2.42. The molecule has 0 saturated heterocycles. The molecule has 0 unspecified atom stereocenters. The van der Waals surface area contributed by atoms with Gasteiger partial charge < -0.3 is 5.32 Å². The molecule has 0 spiro atoms. The van der Waals surface area contributed by atoms with E-state index in [0.29, 0.717) is 0 Å². The van der Waals surface area contributed by atoms with E-state index < -0.39 is 0 Å². The van der Waals surface area contributed by atoms with Gasteiger partial charge in [-0.25, -0.2) is 0 Å². The molecule has 0 heterocycles. The van der Waals surface area contributed by atoms with Crippen LogP contribution in [0, 0.1) is 0 Å². The van der Waals surface area contributed by atoms with Gasteiger partial charge in [0.05, 0.1) is 8.80 Å². The molecule has 0 aromatic carbocycles. The fourth-order valence-electron chi connectivity index (χ4n) is 1.03. The van der Waals surface area contributed by atoms with Crippen LogP contribution in [-0.4, -0.2) is 20.5 Å². The first kappa shape index (κ1) is 12.7. The van der Waals surface area contributed by atoms with Gasteiger partial charge in [0.15, 0.2) is 0 Å². The Morgan fingerprint density at radius 3 is 1.92 bits per heavy atom. The van der Waals surface area contributed by atoms with Crippen molar-refractivity contribution in [3.8, 4) is 0 Å². The van der Waals surface area contributed by atoms with Crippen molar-refractivity contribution in [1.82, 2.24) is 5.32 Å². The molecule has 1 radical (unpaired) electrons. The third-order valence-corrected chi connectivity index (χ3v) is 4.14. The van der Waals surface area contributed by atoms with E-state index in [2.05, 4.69) is 39.2 Å². The smallest absolute Gasteiger partial charge is 0.0724 e. The van der Waals surface area contributed by atoms with Crippen LogP contribution < -0.4 is 5.32 Å². The fraction of sp³-hybridized carbons (Fsp3) is 0.636. The Balaban J connectivity index is 3.80. The molecule has 0 bridgehead atoms. The molecule has 0 aliphatic carbocycles. The van der Waals surface area contributed by atoms with Crippen LogP contribution in [0.4, 0.5) is 0 Å². The topological polar surface area (TPSA) is 12.0 Å². The summed E-state index contributed by atoms with van der Waals surface area (Å²) >= 11 is 0. The van der Waals surface area contributed by atoms with Crippen LogP contribution in [0.2, 0.25) is 12.1 Å². The fourth-order valence-corrected chi connectivity index (χ4v) is 3.08. The Kier molecular flexibility index (Phi) is 6.00. The number of hydrogen-bond donors (Lipinski definition) is 1. The van der Waals surface area contributed by atoms with Crippen LogP contribution in [0.3, 0.4) is 0 Å². The first-order valence-corrected chi connectivity index (χ1v) is 6.92. The lowest BCUT2D eigenvalue weighted by atomic mass is 10.1. The van der Waals surface area contributed by atoms with Crippen molar-refractivity contribution in [3.05, 3.63) is 25.3 Å². The van der Waals surface area contributed by atoms with Gasteiger partial charge in [0, 0.05) is 5.54 Å². The maximum atomic E-state index is 3.79. The van der Waals surface area contributed by atoms with Gasteiger partial charge in [-0.05, 0) is 39.0 Å². The van der Waals surface area contributed by atoms with E-state index in [1.807, 2.05) is 12.2 Å². The summed E-state index contributed by atoms with van der Waals surface area (Å²) in [5, 5.41) is 3.54. The minimum absolute atomic E-state index is 0.234. The average molecular weight is 196 g/mol. The van der Waals surface area contributed by atoms with Crippen molar-refractivity contribution < 1.29 is 0 Å². The van der Waals surface area contributed by atoms with Gasteiger partial charge in [0.25, 0.3) is 0 Å². The molecule has 0 aliphatic rings. The number of allylic oxidation sites excluding steroid dienone is 2. The van der Waals surface area contributed by atoms with Gasteiger partial charge in [-0.15, -0.1) is 13.2 Å². The summed E-state index contributed by atoms with van der Waals surface area (Å²) in [4.78, 5) is 0. The number of nitrogens with one attached hydrogen (secondary N) is 1. The van der Waals surface area contributed by atoms with Gasteiger partial charge in [-0.1, -0.05) is 12.2 Å². The van der Waals surface area contributed by atoms with Crippen molar-refractivity contribution >= 4 is 8.80 Å². The standard InChI is InChI=1S/C11H22NSi/c1-6-8-13(9-7-2)10-12-11(3,4)5/h6-7,12H,1-2,8-10H2,3-5H3. The van der Waals surface area contributed by atoms with Gasteiger partial charge in [0.1, 0.15) is 0 Å². The maximum Gasteiger partial charge on any atom is 0.0724 e. The Morgan fingerprint density at radius 2 is 1.62 bits per heavy atom. The minimum atomic E-state index is -0.327. The first-order valence-electron chi connectivity index (χ1n) is 4.80. The Hall–Kier alpha value is -0.343. The molecule has 1 nitrogen and oxygen atoms in total. The summed E-state index contributed by atoms with van der Waals surface area (Å²) in [7, 11) is -0.327. The van der Waals surface area contributed by atoms with Crippen LogP contribution in [0.1, 0.15) is 20.8 Å². The van der Waals surface area contributed by atoms with E-state index in [9.17, 15) is 0 Å². The molecular formula is C11H22NSi. The molecule has 0 saturated carbocycles. The summed E-state index contributed by atoms with van der Waals surface area (Å²) in [5.41, 5.74) is 0.234. The van der Waals surface area contributed by atoms with Gasteiger partial charge in [-0.3, -0.25) is 0 Å². The van der Waals surface area contributed by atoms with Crippen molar-refractivity contribution in [2.45, 2.75) is 38.4 Å². The second-order valence-corrected chi connectivity index (χ2v) is 7.01. The van der Waals surface area contributed by atoms with Crippen LogP contribution in [0.15, 0.2) is 25.3 Å². The zero-order chi connectivity index (χ0) is 10.3. The van der Waals surface area contributed by atoms with E-state index in [0.717, 1.165) is 6.17 Å². The van der Waals surface area contributed by atoms with Crippen LogP contribution >= 0.6 is 0 Å². The summed E-state index contributed by atoms with van der Waals surface area (Å²) in [6.45, 7) is 14.2. The minimum Gasteiger partial charge on any atom is -0.315 e. The lowest BCUT2D eigenvalue weighted by Gasteiger charge is -2.23. The van der Waals surface area contributed by atoms with E-state index >= 15 is 0 Å². The van der Waals surface area contributed by atoms with Gasteiger partial charge in [-0.2, -0.15) is 0 Å². The molecule has 0 aliphatic heterocycles. The predicted octanol–water partition coefficient (Wildman–Crippen LogP) is 2.78. The summed E-state index contributed by atoms with van der Waals surface area (Å²) in [6, 6.07) is 2.33. The third kappa shape index (κ3) is 8.00. The molecule has 1 N–H and O–H groups in total. The number of rotatable bonds is 6. The molecule has 75 valence electrons. The molecule has 0 amide bonds. The van der Waals surface area contributed by atoms with Crippen molar-refractivity contribution in [3.63, 3.8) is 0 Å². The Morgan fingerprint density at radius 1 is 1.15 bits per heavy atom. The SMILES string of the molecule is C=CC[Si](CC=C)CNC(C)(C)C. The van der Waals surface area contributed by atoms with E-state index in [1.165, 1.54) is 12.1 Å². The maximum absolute atomic E-state index is 3.79. The molecular weight excluding hydrogens is 174 g/mol. The third-order valence-electron chi connectivity index (χ3n) is 1.73. The molecule has 0 fully saturated rings. The second-order valence-electron chi connectivity index (χ2n) is 4.34. The molecule has 2 heteroatoms. The van der Waals surface area contributed by atoms with E-state index in [1.54, 1.807) is 0 Å². The van der Waals surface area contributed by atoms with E-state index in [4.69, 9.17) is 0 Å². The zero-order valence-electron chi connectivity index (χ0n) is 9.19. The molecule has 0 aromatic rings. The number of hydrogen-bond acceptors (Lipinski definition) is 1. The molecule has 0 aromatic heterocycles. The Bertz CT molecular complexity index is 148. The predicted molar refractivity (Wildman–Crippen MR) is 63.5 cm³/mol. The van der Waals surface area contributed by atoms with Crippen molar-refractivity contribution in [2.24, 2.45) is 0 Å². The highest BCUT2D eigenvalue weighted by atomic mass is 28.3. The van der Waals surface area contributed by atoms with Crippen molar-refractivity contribution in [2.75, 3.05) is 6.17 Å². The molecule has 0 atom stereocenters. The average Bonchev–Trinajstić information content (AvgIpc) is 2.00. The van der Waals surface area contributed by atoms with Gasteiger partial charge >= 0.3 is 0 Å². The quantitative estimate of drug-likeness (QED) is 0.509. The normalized spacial score (nSPS) is 11.7. The molecule has 13 heavy (non-hydrogen) atoms. The lowest BCUT2D eigenvalue weighted by molar-refractivity contribution is 0.456. The molecule has 0 rings (SSSR count). The zero-order valence-corrected chi connectivity index (χ0v) is 10.2. The largest absolute Gasteiger partial charge is 0.315 e. The van der Waals surface area contributed by atoms with Crippen molar-refractivity contribution in [1.29, 1.82) is 0 Å². The highest BCUT2D eigenvalue weighted by Crippen LogP contribution is 2.04. The summed E-state index contributed by atoms with van der Waals surface area (Å²) in [6.07, 6.45) is 5.20. The highest BCUT2D eigenvalue weighted by molar-refractivity contribution is 6.60. The monoisotopic (exact) mass is 196 g/mol. The van der Waals surface area contributed by atoms with Gasteiger partial charge in [0.2, 0.25) is 0 Å². The summed E-state index contributed by atoms with van der Waals surface area (Å²) < 4.78 is 0. The van der Waals surface area contributed by atoms with Crippen LogP contribution in [0.5, 0.6) is 0 Å². The van der Waals surface area contributed by atoms with E-state index in [-0.39, 0.29) is 14.3 Å². The first-order chi connectivity index (χ1) is 5.99. The Labute approximate surface area is 84.5 Å². The van der Waals surface area contributed by atoms with Crippen LogP contribution in [0.25, 0.3) is 0 Å². The van der Waals surface area contributed by atoms with Crippen LogP contribution in [-0.2, 0) is 0 Å². The summed E-state index contributed by atoms with van der Waals surface area (Å²) in [5.74, 6) is 0. The highest BCUT2D eigenvalue weighted by Gasteiger charge is 2.13.